The van der Waals surface area contributed by atoms with Crippen LogP contribution in [0.4, 0.5) is 28.8 Å². The molecule has 0 aliphatic rings. The molecule has 25 heavy (non-hydrogen) atoms. The predicted molar refractivity (Wildman–Crippen MR) is 98.4 cm³/mol. The van der Waals surface area contributed by atoms with Gasteiger partial charge in [0.25, 0.3) is 0 Å². The van der Waals surface area contributed by atoms with Gasteiger partial charge in [-0.2, -0.15) is 0 Å². The van der Waals surface area contributed by atoms with Crippen LogP contribution in [0.15, 0.2) is 53.4 Å². The first-order valence-corrected chi connectivity index (χ1v) is 8.04. The Kier molecular flexibility index (Phi) is 4.85. The van der Waals surface area contributed by atoms with Gasteiger partial charge in [0.15, 0.2) is 0 Å². The first-order valence-electron chi connectivity index (χ1n) is 7.24. The molecular weight excluding hydrogens is 388 g/mol. The first kappa shape index (κ1) is 16.8. The van der Waals surface area contributed by atoms with E-state index in [1.807, 2.05) is 25.1 Å². The fourth-order valence-corrected chi connectivity index (χ4v) is 2.39. The zero-order chi connectivity index (χ0) is 17.8. The number of pyridine rings is 1. The molecule has 0 fully saturated rings. The van der Waals surface area contributed by atoms with E-state index < -0.39 is 4.92 Å². The van der Waals surface area contributed by atoms with Crippen molar-refractivity contribution in [2.75, 3.05) is 10.6 Å². The number of nitrogens with zero attached hydrogens (tertiary/aromatic N) is 4. The third-order valence-corrected chi connectivity index (χ3v) is 3.80. The lowest BCUT2D eigenvalue weighted by Crippen LogP contribution is -2.06. The van der Waals surface area contributed by atoms with Crippen molar-refractivity contribution in [2.24, 2.45) is 0 Å². The number of nitro groups is 1. The lowest BCUT2D eigenvalue weighted by molar-refractivity contribution is -0.383. The average Bonchev–Trinajstić information content (AvgIpc) is 2.57. The van der Waals surface area contributed by atoms with Crippen LogP contribution in [0.3, 0.4) is 0 Å². The van der Waals surface area contributed by atoms with Gasteiger partial charge in [-0.25, -0.2) is 15.0 Å². The van der Waals surface area contributed by atoms with Crippen LogP contribution in [0, 0.1) is 17.0 Å². The second kappa shape index (κ2) is 7.22. The van der Waals surface area contributed by atoms with Crippen molar-refractivity contribution >= 4 is 44.8 Å². The number of hydrogen-bond donors (Lipinski definition) is 2. The molecule has 0 atom stereocenters. The standard InChI is InChI=1S/C16H13BrN6O2/c1-10-6-7-18-13(8-10)22-16-14(23(24)25)15(19-9-20-16)21-12-4-2-11(17)3-5-12/h2-9H,1H3,(H2,18,19,20,21,22). The highest BCUT2D eigenvalue weighted by molar-refractivity contribution is 9.10. The second-order valence-corrected chi connectivity index (χ2v) is 6.07. The van der Waals surface area contributed by atoms with Gasteiger partial charge in [0, 0.05) is 16.4 Å². The molecule has 3 rings (SSSR count). The summed E-state index contributed by atoms with van der Waals surface area (Å²) in [6.45, 7) is 1.90. The van der Waals surface area contributed by atoms with E-state index in [0.29, 0.717) is 11.5 Å². The number of hydrogen-bond acceptors (Lipinski definition) is 7. The van der Waals surface area contributed by atoms with Crippen molar-refractivity contribution < 1.29 is 4.92 Å². The van der Waals surface area contributed by atoms with Gasteiger partial charge in [0.05, 0.1) is 4.92 Å². The third-order valence-electron chi connectivity index (χ3n) is 3.27. The van der Waals surface area contributed by atoms with Crippen molar-refractivity contribution in [3.63, 3.8) is 0 Å². The minimum absolute atomic E-state index is 0.0673. The van der Waals surface area contributed by atoms with Crippen molar-refractivity contribution in [2.45, 2.75) is 6.92 Å². The summed E-state index contributed by atoms with van der Waals surface area (Å²) in [7, 11) is 0. The lowest BCUT2D eigenvalue weighted by atomic mass is 10.3. The molecule has 0 aliphatic carbocycles. The Morgan fingerprint density at radius 1 is 1.04 bits per heavy atom. The maximum absolute atomic E-state index is 11.6. The molecule has 1 aromatic carbocycles. The van der Waals surface area contributed by atoms with Gasteiger partial charge in [-0.15, -0.1) is 0 Å². The minimum atomic E-state index is -0.528. The number of nitrogens with one attached hydrogen (secondary N) is 2. The molecule has 0 unspecified atom stereocenters. The molecule has 0 saturated heterocycles. The zero-order valence-corrected chi connectivity index (χ0v) is 14.7. The van der Waals surface area contributed by atoms with Crippen LogP contribution in [0.5, 0.6) is 0 Å². The Hall–Kier alpha value is -3.07. The maximum Gasteiger partial charge on any atom is 0.353 e. The summed E-state index contributed by atoms with van der Waals surface area (Å²) in [6, 6.07) is 10.8. The Bertz CT molecular complexity index is 917. The average molecular weight is 401 g/mol. The molecule has 2 heterocycles. The van der Waals surface area contributed by atoms with E-state index in [1.165, 1.54) is 6.33 Å². The van der Waals surface area contributed by atoms with E-state index in [4.69, 9.17) is 0 Å². The van der Waals surface area contributed by atoms with E-state index in [-0.39, 0.29) is 17.3 Å². The molecule has 9 heteroatoms. The highest BCUT2D eigenvalue weighted by Crippen LogP contribution is 2.32. The van der Waals surface area contributed by atoms with Gasteiger partial charge >= 0.3 is 5.69 Å². The Morgan fingerprint density at radius 3 is 2.36 bits per heavy atom. The van der Waals surface area contributed by atoms with Crippen LogP contribution in [-0.2, 0) is 0 Å². The summed E-state index contributed by atoms with van der Waals surface area (Å²) >= 11 is 3.34. The molecule has 2 aromatic heterocycles. The molecule has 0 radical (unpaired) electrons. The van der Waals surface area contributed by atoms with Gasteiger partial charge in [0.2, 0.25) is 11.6 Å². The van der Waals surface area contributed by atoms with Crippen LogP contribution < -0.4 is 10.6 Å². The summed E-state index contributed by atoms with van der Waals surface area (Å²) < 4.78 is 0.906. The van der Waals surface area contributed by atoms with Gasteiger partial charge in [-0.05, 0) is 48.9 Å². The van der Waals surface area contributed by atoms with Crippen molar-refractivity contribution in [3.05, 3.63) is 69.1 Å². The second-order valence-electron chi connectivity index (χ2n) is 5.15. The van der Waals surface area contributed by atoms with Gasteiger partial charge in [-0.3, -0.25) is 10.1 Å². The highest BCUT2D eigenvalue weighted by atomic mass is 79.9. The predicted octanol–water partition coefficient (Wildman–Crippen LogP) is 4.34. The summed E-state index contributed by atoms with van der Waals surface area (Å²) in [5.41, 5.74) is 1.39. The van der Waals surface area contributed by atoms with Crippen LogP contribution in [0.1, 0.15) is 5.56 Å². The summed E-state index contributed by atoms with van der Waals surface area (Å²) in [4.78, 5) is 23.2. The molecular formula is C16H13BrN6O2. The van der Waals surface area contributed by atoms with Gasteiger partial charge in [-0.1, -0.05) is 15.9 Å². The number of aryl methyl sites for hydroxylation is 1. The summed E-state index contributed by atoms with van der Waals surface area (Å²) in [6.07, 6.45) is 2.87. The van der Waals surface area contributed by atoms with Crippen molar-refractivity contribution in [3.8, 4) is 0 Å². The smallest absolute Gasteiger partial charge is 0.334 e. The third kappa shape index (κ3) is 4.07. The van der Waals surface area contributed by atoms with E-state index in [9.17, 15) is 10.1 Å². The van der Waals surface area contributed by atoms with E-state index in [0.717, 1.165) is 10.0 Å². The van der Waals surface area contributed by atoms with Crippen LogP contribution in [0.2, 0.25) is 0 Å². The molecule has 0 aliphatic heterocycles. The number of halogens is 1. The number of anilines is 4. The summed E-state index contributed by atoms with van der Waals surface area (Å²) in [5.74, 6) is 0.631. The number of rotatable bonds is 5. The maximum atomic E-state index is 11.6. The first-order chi connectivity index (χ1) is 12.0. The molecule has 126 valence electrons. The number of aromatic nitrogens is 3. The van der Waals surface area contributed by atoms with E-state index >= 15 is 0 Å². The van der Waals surface area contributed by atoms with Crippen LogP contribution >= 0.6 is 15.9 Å². The van der Waals surface area contributed by atoms with Crippen molar-refractivity contribution in [1.29, 1.82) is 0 Å². The molecule has 0 amide bonds. The quantitative estimate of drug-likeness (QED) is 0.484. The Morgan fingerprint density at radius 2 is 1.72 bits per heavy atom. The van der Waals surface area contributed by atoms with Crippen LogP contribution in [0.25, 0.3) is 0 Å². The molecule has 2 N–H and O–H groups in total. The summed E-state index contributed by atoms with van der Waals surface area (Å²) in [5, 5.41) is 17.4. The monoisotopic (exact) mass is 400 g/mol. The zero-order valence-electron chi connectivity index (χ0n) is 13.1. The van der Waals surface area contributed by atoms with Gasteiger partial charge in [0.1, 0.15) is 12.1 Å². The largest absolute Gasteiger partial charge is 0.353 e. The highest BCUT2D eigenvalue weighted by Gasteiger charge is 2.23. The van der Waals surface area contributed by atoms with Gasteiger partial charge < -0.3 is 10.6 Å². The van der Waals surface area contributed by atoms with E-state index in [2.05, 4.69) is 41.5 Å². The van der Waals surface area contributed by atoms with Crippen molar-refractivity contribution in [1.82, 2.24) is 15.0 Å². The lowest BCUT2D eigenvalue weighted by Gasteiger charge is -2.10. The molecule has 0 bridgehead atoms. The molecule has 0 spiro atoms. The minimum Gasteiger partial charge on any atom is -0.334 e. The Labute approximate surface area is 151 Å². The fourth-order valence-electron chi connectivity index (χ4n) is 2.13. The van der Waals surface area contributed by atoms with E-state index in [1.54, 1.807) is 24.4 Å². The molecule has 8 nitrogen and oxygen atoms in total. The number of benzene rings is 1. The fraction of sp³-hybridized carbons (Fsp3) is 0.0625. The Balaban J connectivity index is 1.96. The molecule has 0 saturated carbocycles. The molecule has 3 aromatic rings. The SMILES string of the molecule is Cc1ccnc(Nc2ncnc(Nc3ccc(Br)cc3)c2[N+](=O)[O-])c1. The van der Waals surface area contributed by atoms with Crippen LogP contribution in [-0.4, -0.2) is 19.9 Å². The topological polar surface area (TPSA) is 106 Å². The normalized spacial score (nSPS) is 10.3.